The second kappa shape index (κ2) is 8.35. The van der Waals surface area contributed by atoms with Crippen LogP contribution in [0.5, 0.6) is 5.75 Å². The van der Waals surface area contributed by atoms with E-state index in [2.05, 4.69) is 5.43 Å². The highest BCUT2D eigenvalue weighted by Gasteiger charge is 2.18. The number of hydrogen-bond donors (Lipinski definition) is 1. The number of ketones is 1. The first-order chi connectivity index (χ1) is 13.5. The van der Waals surface area contributed by atoms with Crippen LogP contribution < -0.4 is 10.2 Å². The van der Waals surface area contributed by atoms with Gasteiger partial charge in [-0.25, -0.2) is 0 Å². The lowest BCUT2D eigenvalue weighted by Gasteiger charge is -2.12. The van der Waals surface area contributed by atoms with Gasteiger partial charge in [-0.15, -0.1) is 0 Å². The molecule has 0 fully saturated rings. The summed E-state index contributed by atoms with van der Waals surface area (Å²) in [6.45, 7) is 3.44. The van der Waals surface area contributed by atoms with Crippen molar-refractivity contribution in [2.45, 2.75) is 13.8 Å². The van der Waals surface area contributed by atoms with Crippen molar-refractivity contribution in [2.24, 2.45) is 0 Å². The summed E-state index contributed by atoms with van der Waals surface area (Å²) in [6.07, 6.45) is 0.744. The molecule has 1 amide bonds. The van der Waals surface area contributed by atoms with Crippen LogP contribution in [0.2, 0.25) is 0 Å². The Hall–Kier alpha value is -3.67. The first kappa shape index (κ1) is 19.1. The molecule has 6 heteroatoms. The van der Waals surface area contributed by atoms with Crippen LogP contribution in [-0.4, -0.2) is 29.3 Å². The zero-order valence-corrected chi connectivity index (χ0v) is 15.6. The number of amides is 1. The largest absolute Gasteiger partial charge is 0.485 e. The SMILES string of the molecule is Cc1cc(C(=O)COc2ccc(C=O)cc2)c(C)n1NC(=O)c1ccccc1. The molecule has 28 heavy (non-hydrogen) atoms. The zero-order valence-electron chi connectivity index (χ0n) is 15.6. The number of carbonyl (C=O) groups excluding carboxylic acids is 3. The van der Waals surface area contributed by atoms with Gasteiger partial charge in [0.1, 0.15) is 12.0 Å². The number of nitrogens with zero attached hydrogens (tertiary/aromatic N) is 1. The Kier molecular flexibility index (Phi) is 5.69. The molecule has 0 atom stereocenters. The average Bonchev–Trinajstić information content (AvgIpc) is 3.01. The van der Waals surface area contributed by atoms with E-state index in [9.17, 15) is 14.4 Å². The molecule has 0 saturated carbocycles. The van der Waals surface area contributed by atoms with Crippen molar-refractivity contribution in [2.75, 3.05) is 12.0 Å². The minimum atomic E-state index is -0.257. The fourth-order valence-electron chi connectivity index (χ4n) is 2.84. The number of carbonyl (C=O) groups is 3. The molecule has 3 rings (SSSR count). The third-order valence-corrected chi connectivity index (χ3v) is 4.37. The Balaban J connectivity index is 1.70. The standard InChI is InChI=1S/C22H20N2O4/c1-15-12-20(21(26)14-28-19-10-8-17(13-25)9-11-19)16(2)24(15)23-22(27)18-6-4-3-5-7-18/h3-13H,14H2,1-2H3,(H,23,27). The molecule has 0 aliphatic carbocycles. The predicted molar refractivity (Wildman–Crippen MR) is 106 cm³/mol. The van der Waals surface area contributed by atoms with Crippen LogP contribution in [0.15, 0.2) is 60.7 Å². The molecule has 1 aromatic heterocycles. The van der Waals surface area contributed by atoms with Gasteiger partial charge in [-0.2, -0.15) is 0 Å². The van der Waals surface area contributed by atoms with Crippen molar-refractivity contribution < 1.29 is 19.1 Å². The van der Waals surface area contributed by atoms with Crippen LogP contribution in [0.4, 0.5) is 0 Å². The van der Waals surface area contributed by atoms with E-state index < -0.39 is 0 Å². The highest BCUT2D eigenvalue weighted by atomic mass is 16.5. The molecule has 0 aliphatic rings. The quantitative estimate of drug-likeness (QED) is 0.505. The maximum atomic E-state index is 12.6. The number of aryl methyl sites for hydroxylation is 1. The van der Waals surface area contributed by atoms with Crippen LogP contribution in [0, 0.1) is 13.8 Å². The lowest BCUT2D eigenvalue weighted by atomic mass is 10.1. The van der Waals surface area contributed by atoms with Crippen molar-refractivity contribution in [3.63, 3.8) is 0 Å². The van der Waals surface area contributed by atoms with Gasteiger partial charge < -0.3 is 4.74 Å². The molecule has 2 aromatic carbocycles. The number of ether oxygens (including phenoxy) is 1. The molecule has 0 spiro atoms. The summed E-state index contributed by atoms with van der Waals surface area (Å²) in [5.74, 6) is 0.0471. The second-order valence-electron chi connectivity index (χ2n) is 6.33. The molecule has 1 heterocycles. The van der Waals surface area contributed by atoms with Crippen molar-refractivity contribution in [1.82, 2.24) is 4.68 Å². The molecule has 3 aromatic rings. The summed E-state index contributed by atoms with van der Waals surface area (Å²) < 4.78 is 7.11. The fourth-order valence-corrected chi connectivity index (χ4v) is 2.84. The predicted octanol–water partition coefficient (Wildman–Crippen LogP) is 3.56. The summed E-state index contributed by atoms with van der Waals surface area (Å²) in [6, 6.07) is 17.1. The van der Waals surface area contributed by atoms with E-state index in [4.69, 9.17) is 4.74 Å². The maximum Gasteiger partial charge on any atom is 0.270 e. The van der Waals surface area contributed by atoms with E-state index in [1.54, 1.807) is 66.2 Å². The molecule has 0 unspecified atom stereocenters. The van der Waals surface area contributed by atoms with Crippen LogP contribution >= 0.6 is 0 Å². The Morgan fingerprint density at radius 1 is 1.04 bits per heavy atom. The van der Waals surface area contributed by atoms with E-state index >= 15 is 0 Å². The second-order valence-corrected chi connectivity index (χ2v) is 6.33. The first-order valence-electron chi connectivity index (χ1n) is 8.76. The highest BCUT2D eigenvalue weighted by molar-refractivity contribution is 6.01. The highest BCUT2D eigenvalue weighted by Crippen LogP contribution is 2.17. The molecule has 0 bridgehead atoms. The van der Waals surface area contributed by atoms with Crippen molar-refractivity contribution in [3.05, 3.63) is 88.7 Å². The molecule has 0 aliphatic heterocycles. The van der Waals surface area contributed by atoms with Crippen molar-refractivity contribution in [1.29, 1.82) is 0 Å². The summed E-state index contributed by atoms with van der Waals surface area (Å²) in [5, 5.41) is 0. The number of Topliss-reactive ketones (excluding diaryl/α,β-unsaturated/α-hetero) is 1. The molecular weight excluding hydrogens is 356 g/mol. The lowest BCUT2D eigenvalue weighted by Crippen LogP contribution is -2.25. The lowest BCUT2D eigenvalue weighted by molar-refractivity contribution is 0.0919. The van der Waals surface area contributed by atoms with Crippen LogP contribution in [-0.2, 0) is 0 Å². The number of aldehydes is 1. The van der Waals surface area contributed by atoms with E-state index in [1.165, 1.54) is 0 Å². The van der Waals surface area contributed by atoms with E-state index in [-0.39, 0.29) is 18.3 Å². The Bertz CT molecular complexity index is 1010. The van der Waals surface area contributed by atoms with Crippen LogP contribution in [0.1, 0.15) is 42.5 Å². The van der Waals surface area contributed by atoms with Gasteiger partial charge in [0.25, 0.3) is 5.91 Å². The molecule has 0 radical (unpaired) electrons. The van der Waals surface area contributed by atoms with Crippen LogP contribution in [0.3, 0.4) is 0 Å². The first-order valence-corrected chi connectivity index (χ1v) is 8.76. The topological polar surface area (TPSA) is 77.4 Å². The number of aromatic nitrogens is 1. The van der Waals surface area contributed by atoms with Gasteiger partial charge in [0.05, 0.1) is 0 Å². The van der Waals surface area contributed by atoms with Gasteiger partial charge in [0.2, 0.25) is 5.78 Å². The number of nitrogens with one attached hydrogen (secondary N) is 1. The number of rotatable bonds is 7. The van der Waals surface area contributed by atoms with E-state index in [0.717, 1.165) is 12.0 Å². The smallest absolute Gasteiger partial charge is 0.270 e. The maximum absolute atomic E-state index is 12.6. The minimum Gasteiger partial charge on any atom is -0.485 e. The summed E-state index contributed by atoms with van der Waals surface area (Å²) in [7, 11) is 0. The van der Waals surface area contributed by atoms with Gasteiger partial charge >= 0.3 is 0 Å². The van der Waals surface area contributed by atoms with E-state index in [1.807, 2.05) is 13.0 Å². The molecule has 0 saturated heterocycles. The zero-order chi connectivity index (χ0) is 20.1. The van der Waals surface area contributed by atoms with Crippen molar-refractivity contribution in [3.8, 4) is 5.75 Å². The van der Waals surface area contributed by atoms with E-state index in [0.29, 0.717) is 28.1 Å². The third-order valence-electron chi connectivity index (χ3n) is 4.37. The summed E-state index contributed by atoms with van der Waals surface area (Å²) in [5.41, 5.74) is 5.73. The normalized spacial score (nSPS) is 10.4. The van der Waals surface area contributed by atoms with Gasteiger partial charge in [0, 0.05) is 28.1 Å². The van der Waals surface area contributed by atoms with Gasteiger partial charge in [-0.05, 0) is 56.3 Å². The van der Waals surface area contributed by atoms with Crippen molar-refractivity contribution >= 4 is 18.0 Å². The fraction of sp³-hybridized carbons (Fsp3) is 0.136. The third kappa shape index (κ3) is 4.17. The molecule has 1 N–H and O–H groups in total. The number of benzene rings is 2. The Morgan fingerprint density at radius 3 is 2.36 bits per heavy atom. The minimum absolute atomic E-state index is 0.142. The monoisotopic (exact) mass is 376 g/mol. The van der Waals surface area contributed by atoms with Gasteiger partial charge in [-0.3, -0.25) is 24.5 Å². The number of hydrogen-bond acceptors (Lipinski definition) is 4. The van der Waals surface area contributed by atoms with Gasteiger partial charge in [-0.1, -0.05) is 18.2 Å². The Morgan fingerprint density at radius 2 is 1.71 bits per heavy atom. The van der Waals surface area contributed by atoms with Crippen LogP contribution in [0.25, 0.3) is 0 Å². The molecule has 142 valence electrons. The summed E-state index contributed by atoms with van der Waals surface area (Å²) >= 11 is 0. The van der Waals surface area contributed by atoms with Gasteiger partial charge in [0.15, 0.2) is 6.61 Å². The molecule has 6 nitrogen and oxygen atoms in total. The summed E-state index contributed by atoms with van der Waals surface area (Å²) in [4.78, 5) is 35.7. The average molecular weight is 376 g/mol. The Labute approximate surface area is 162 Å². The molecular formula is C22H20N2O4.